The van der Waals surface area contributed by atoms with Crippen LogP contribution in [0.15, 0.2) is 23.3 Å². The van der Waals surface area contributed by atoms with Gasteiger partial charge < -0.3 is 14.8 Å². The van der Waals surface area contributed by atoms with Crippen molar-refractivity contribution in [2.45, 2.75) is 33.1 Å². The Bertz CT molecular complexity index is 573. The van der Waals surface area contributed by atoms with Crippen molar-refractivity contribution in [1.82, 2.24) is 10.7 Å². The number of carbonyl (C=O) groups excluding carboxylic acids is 2. The number of hydrogen-bond acceptors (Lipinski definition) is 5. The Morgan fingerprint density at radius 2 is 1.96 bits per heavy atom. The van der Waals surface area contributed by atoms with Gasteiger partial charge in [-0.1, -0.05) is 20.3 Å². The van der Waals surface area contributed by atoms with Crippen LogP contribution in [0.5, 0.6) is 11.5 Å². The molecule has 0 aliphatic heterocycles. The highest BCUT2D eigenvalue weighted by Gasteiger charge is 2.11. The Labute approximate surface area is 142 Å². The first-order valence-corrected chi connectivity index (χ1v) is 8.04. The Kier molecular flexibility index (Phi) is 8.96. The number of hydrogen-bond donors (Lipinski definition) is 2. The fourth-order valence-electron chi connectivity index (χ4n) is 1.77. The van der Waals surface area contributed by atoms with E-state index in [2.05, 4.69) is 15.8 Å². The van der Waals surface area contributed by atoms with Gasteiger partial charge in [0.25, 0.3) is 0 Å². The molecule has 2 N–H and O–H groups in total. The lowest BCUT2D eigenvalue weighted by molar-refractivity contribution is -0.139. The minimum Gasteiger partial charge on any atom is -0.493 e. The molecule has 0 radical (unpaired) electrons. The third-order valence-corrected chi connectivity index (χ3v) is 3.05. The Balaban J connectivity index is 2.57. The van der Waals surface area contributed by atoms with Crippen LogP contribution in [-0.4, -0.2) is 38.3 Å². The van der Waals surface area contributed by atoms with E-state index in [-0.39, 0.29) is 0 Å². The van der Waals surface area contributed by atoms with E-state index in [0.29, 0.717) is 30.2 Å². The minimum absolute atomic E-state index is 0.475. The predicted molar refractivity (Wildman–Crippen MR) is 92.4 cm³/mol. The number of unbranched alkanes of at least 4 members (excludes halogenated alkanes) is 1. The molecule has 0 aliphatic rings. The highest BCUT2D eigenvalue weighted by molar-refractivity contribution is 6.35. The summed E-state index contributed by atoms with van der Waals surface area (Å²) >= 11 is 0. The van der Waals surface area contributed by atoms with Gasteiger partial charge in [0.2, 0.25) is 0 Å². The summed E-state index contributed by atoms with van der Waals surface area (Å²) in [6.07, 6.45) is 4.11. The lowest BCUT2D eigenvalue weighted by Crippen LogP contribution is -2.38. The van der Waals surface area contributed by atoms with E-state index in [1.165, 1.54) is 6.21 Å². The molecule has 132 valence electrons. The molecule has 0 aliphatic carbocycles. The number of nitrogens with zero attached hydrogens (tertiary/aromatic N) is 1. The molecule has 0 bridgehead atoms. The number of rotatable bonds is 9. The average molecular weight is 335 g/mol. The molecule has 1 aromatic rings. The van der Waals surface area contributed by atoms with Gasteiger partial charge in [-0.15, -0.1) is 0 Å². The Hall–Kier alpha value is -2.57. The van der Waals surface area contributed by atoms with E-state index in [9.17, 15) is 9.59 Å². The van der Waals surface area contributed by atoms with Gasteiger partial charge in [0.15, 0.2) is 11.5 Å². The first-order valence-electron chi connectivity index (χ1n) is 8.04. The van der Waals surface area contributed by atoms with Crippen LogP contribution in [0, 0.1) is 0 Å². The smallest absolute Gasteiger partial charge is 0.329 e. The number of amides is 2. The molecular formula is C17H25N3O4. The number of nitrogens with one attached hydrogen (secondary N) is 2. The van der Waals surface area contributed by atoms with Crippen LogP contribution in [0.4, 0.5) is 0 Å². The second-order valence-electron chi connectivity index (χ2n) is 5.07. The maximum Gasteiger partial charge on any atom is 0.329 e. The van der Waals surface area contributed by atoms with Crippen molar-refractivity contribution in [1.29, 1.82) is 0 Å². The summed E-state index contributed by atoms with van der Waals surface area (Å²) in [7, 11) is 1.55. The molecular weight excluding hydrogens is 310 g/mol. The molecule has 0 saturated heterocycles. The number of ether oxygens (including phenoxy) is 2. The standard InChI is InChI=1S/C17H25N3O4/c1-4-6-9-18-16(21)17(22)20-19-12-13-7-8-14(24-10-5-2)15(11-13)23-3/h7-8,11-12H,4-6,9-10H2,1-3H3,(H,18,21)(H,20,22)/b19-12-. The fraction of sp³-hybridized carbons (Fsp3) is 0.471. The molecule has 24 heavy (non-hydrogen) atoms. The van der Waals surface area contributed by atoms with E-state index in [1.807, 2.05) is 13.8 Å². The van der Waals surface area contributed by atoms with Crippen molar-refractivity contribution in [3.05, 3.63) is 23.8 Å². The molecule has 7 nitrogen and oxygen atoms in total. The Morgan fingerprint density at radius 1 is 1.17 bits per heavy atom. The molecule has 0 spiro atoms. The number of hydrazone groups is 1. The van der Waals surface area contributed by atoms with E-state index in [4.69, 9.17) is 9.47 Å². The third kappa shape index (κ3) is 6.68. The Morgan fingerprint density at radius 3 is 2.62 bits per heavy atom. The molecule has 0 atom stereocenters. The van der Waals surface area contributed by atoms with Crippen molar-refractivity contribution in [2.24, 2.45) is 5.10 Å². The summed E-state index contributed by atoms with van der Waals surface area (Å²) in [6, 6.07) is 5.29. The molecule has 0 saturated carbocycles. The summed E-state index contributed by atoms with van der Waals surface area (Å²) in [5, 5.41) is 6.29. The van der Waals surface area contributed by atoms with Crippen LogP contribution in [-0.2, 0) is 9.59 Å². The first-order chi connectivity index (χ1) is 11.6. The summed E-state index contributed by atoms with van der Waals surface area (Å²) in [4.78, 5) is 23.0. The molecule has 0 fully saturated rings. The zero-order chi connectivity index (χ0) is 17.8. The third-order valence-electron chi connectivity index (χ3n) is 3.05. The summed E-state index contributed by atoms with van der Waals surface area (Å²) < 4.78 is 10.8. The summed E-state index contributed by atoms with van der Waals surface area (Å²) in [6.45, 7) is 5.10. The second-order valence-corrected chi connectivity index (χ2v) is 5.07. The minimum atomic E-state index is -0.794. The van der Waals surface area contributed by atoms with E-state index >= 15 is 0 Å². The monoisotopic (exact) mass is 335 g/mol. The molecule has 1 aromatic carbocycles. The number of methoxy groups -OCH3 is 1. The molecule has 1 rings (SSSR count). The van der Waals surface area contributed by atoms with Gasteiger partial charge in [0, 0.05) is 6.54 Å². The zero-order valence-electron chi connectivity index (χ0n) is 14.4. The van der Waals surface area contributed by atoms with Gasteiger partial charge in [0.1, 0.15) is 0 Å². The molecule has 0 aromatic heterocycles. The van der Waals surface area contributed by atoms with E-state index < -0.39 is 11.8 Å². The van der Waals surface area contributed by atoms with Crippen LogP contribution in [0.3, 0.4) is 0 Å². The normalized spacial score (nSPS) is 10.5. The quantitative estimate of drug-likeness (QED) is 0.312. The zero-order valence-corrected chi connectivity index (χ0v) is 14.4. The molecule has 0 heterocycles. The van der Waals surface area contributed by atoms with Crippen molar-refractivity contribution < 1.29 is 19.1 Å². The molecule has 2 amide bonds. The van der Waals surface area contributed by atoms with Gasteiger partial charge in [-0.3, -0.25) is 9.59 Å². The first kappa shape index (κ1) is 19.5. The van der Waals surface area contributed by atoms with Crippen LogP contribution in [0.2, 0.25) is 0 Å². The maximum absolute atomic E-state index is 11.5. The summed E-state index contributed by atoms with van der Waals surface area (Å²) in [5.74, 6) is -0.259. The molecule has 7 heteroatoms. The van der Waals surface area contributed by atoms with Crippen molar-refractivity contribution in [3.63, 3.8) is 0 Å². The molecule has 0 unspecified atom stereocenters. The van der Waals surface area contributed by atoms with E-state index in [1.54, 1.807) is 25.3 Å². The van der Waals surface area contributed by atoms with Gasteiger partial charge in [-0.25, -0.2) is 5.43 Å². The number of benzene rings is 1. The lowest BCUT2D eigenvalue weighted by Gasteiger charge is -2.10. The summed E-state index contributed by atoms with van der Waals surface area (Å²) in [5.41, 5.74) is 2.90. The number of carbonyl (C=O) groups is 2. The fourth-order valence-corrected chi connectivity index (χ4v) is 1.77. The average Bonchev–Trinajstić information content (AvgIpc) is 2.60. The highest BCUT2D eigenvalue weighted by atomic mass is 16.5. The van der Waals surface area contributed by atoms with Gasteiger partial charge >= 0.3 is 11.8 Å². The van der Waals surface area contributed by atoms with Crippen LogP contribution in [0.25, 0.3) is 0 Å². The van der Waals surface area contributed by atoms with Gasteiger partial charge in [-0.05, 0) is 36.6 Å². The van der Waals surface area contributed by atoms with Gasteiger partial charge in [0.05, 0.1) is 19.9 Å². The maximum atomic E-state index is 11.5. The van der Waals surface area contributed by atoms with E-state index in [0.717, 1.165) is 19.3 Å². The second kappa shape index (κ2) is 11.0. The lowest BCUT2D eigenvalue weighted by atomic mass is 10.2. The largest absolute Gasteiger partial charge is 0.493 e. The van der Waals surface area contributed by atoms with Gasteiger partial charge in [-0.2, -0.15) is 5.10 Å². The van der Waals surface area contributed by atoms with Crippen LogP contribution in [0.1, 0.15) is 38.7 Å². The van der Waals surface area contributed by atoms with Crippen molar-refractivity contribution >= 4 is 18.0 Å². The van der Waals surface area contributed by atoms with Crippen LogP contribution >= 0.6 is 0 Å². The topological polar surface area (TPSA) is 89.0 Å². The van der Waals surface area contributed by atoms with Crippen LogP contribution < -0.4 is 20.2 Å². The highest BCUT2D eigenvalue weighted by Crippen LogP contribution is 2.27. The predicted octanol–water partition coefficient (Wildman–Crippen LogP) is 1.85. The SMILES string of the molecule is CCCCNC(=O)C(=O)N/N=C\c1ccc(OCCC)c(OC)c1. The van der Waals surface area contributed by atoms with Crippen molar-refractivity contribution in [3.8, 4) is 11.5 Å². The van der Waals surface area contributed by atoms with Crippen molar-refractivity contribution in [2.75, 3.05) is 20.3 Å².